The Kier molecular flexibility index (Phi) is 63.7. The quantitative estimate of drug-likeness (QED) is 0.0124. The van der Waals surface area contributed by atoms with E-state index < -0.39 is 142 Å². The van der Waals surface area contributed by atoms with Crippen LogP contribution in [-0.2, 0) is 118 Å². The van der Waals surface area contributed by atoms with Crippen LogP contribution in [0.4, 0.5) is 9.59 Å². The van der Waals surface area contributed by atoms with E-state index in [4.69, 9.17) is 71.7 Å². The topological polar surface area (TPSA) is 417 Å². The maximum atomic E-state index is 12.2. The third kappa shape index (κ3) is 74.4. The van der Waals surface area contributed by atoms with Crippen LogP contribution >= 0.6 is 22.6 Å². The van der Waals surface area contributed by atoms with Crippen molar-refractivity contribution in [3.63, 3.8) is 0 Å². The molecule has 0 bridgehead atoms. The molecule has 0 unspecified atom stereocenters. The van der Waals surface area contributed by atoms with E-state index >= 15 is 0 Å². The first kappa shape index (κ1) is 137. The number of methoxy groups -OCH3 is 2. The maximum Gasteiger partial charge on any atom is 1.00 e. The molecule has 1 amide bonds. The molecule has 0 saturated carbocycles. The molecule has 0 fully saturated rings. The van der Waals surface area contributed by atoms with Crippen LogP contribution in [-0.4, -0.2) is 232 Å². The summed E-state index contributed by atoms with van der Waals surface area (Å²) in [6, 6.07) is 0. The van der Waals surface area contributed by atoms with Gasteiger partial charge in [-0.15, -0.1) is 0 Å². The second-order valence-electron chi connectivity index (χ2n) is 43.6. The van der Waals surface area contributed by atoms with Gasteiger partial charge < -0.3 is 80.5 Å². The number of aliphatic carboxylic acids is 2. The zero-order valence-electron chi connectivity index (χ0n) is 87.9. The second kappa shape index (κ2) is 58.3. The Hall–Kier alpha value is -3.83. The normalized spacial score (nSPS) is 13.8. The van der Waals surface area contributed by atoms with E-state index in [0.717, 1.165) is 5.06 Å². The molecule has 0 aliphatic carbocycles. The predicted molar refractivity (Wildman–Crippen MR) is 505 cm³/mol. The summed E-state index contributed by atoms with van der Waals surface area (Å²) in [4.78, 5) is 144. The fraction of sp³-hybridized carbons (Fsp3) is 0.862. The Balaban J connectivity index is -0.000000185. The average molecular weight is 2010 g/mol. The number of ketones is 1. The van der Waals surface area contributed by atoms with Crippen molar-refractivity contribution in [3.8, 4) is 0 Å². The number of halogens is 1. The third-order valence-electron chi connectivity index (χ3n) is 19.1. The molecule has 0 aromatic carbocycles. The number of rotatable bonds is 31. The third-order valence-corrected chi connectivity index (χ3v) is 41.8. The van der Waals surface area contributed by atoms with Crippen molar-refractivity contribution in [2.45, 2.75) is 454 Å². The Morgan fingerprint density at radius 3 is 0.640 bits per heavy atom. The number of esters is 6. The molecule has 0 aromatic rings. The van der Waals surface area contributed by atoms with Gasteiger partial charge in [0, 0.05) is 14.8 Å². The molecule has 3 N–H and O–H groups in total. The molecule has 0 rings (SSSR count). The second-order valence-corrected chi connectivity index (χ2v) is 67.4. The van der Waals surface area contributed by atoms with Crippen LogP contribution in [0.2, 0.25) is 90.7 Å². The molecular formula is C87H175INNaO30Si5. The molecule has 0 aliphatic rings. The summed E-state index contributed by atoms with van der Waals surface area (Å²) in [6.07, 6.45) is -4.59. The van der Waals surface area contributed by atoms with Crippen LogP contribution in [0.25, 0.3) is 0 Å². The van der Waals surface area contributed by atoms with Crippen LogP contribution in [0.1, 0.15) is 301 Å². The zero-order valence-corrected chi connectivity index (χ0v) is 96.0. The van der Waals surface area contributed by atoms with Crippen molar-refractivity contribution in [3.05, 3.63) is 0 Å². The Bertz CT molecular complexity index is 3160. The molecule has 125 heavy (non-hydrogen) atoms. The fourth-order valence-corrected chi connectivity index (χ4v) is 15.1. The standard InChI is InChI=1S/C17H35NO5Si.C16H32O5Si.C16H32O4Si.C15H30O5Si.C12H24O5Si.C10H18O5.CH3I.Na.H2O/c1-16(2,3)22-15(20)12-13(11-14(19)18(7)21-8)23-24(9,10)17(4,5)6;1-15(2,3)20-14(18)11-12(10-13(17)19-7)21-22(8,9)16(4,5)6;1-12(17)10-13(11-14(18)19-15(2,3)4)20-21(8,9)16(5,6)7;1-14(2,3)19-13(18)10-11(9-12(16)17)20-21(7,8)15(4,5)6;1-12(2,3)18(5,6)17-9(7-10(13)14)8-11(15)16-4;1-9(2,3)14-7(11)13-8(12)15-10(4,5)6;1-2;;/h13H,11-12H2,1-10H3;12H,10-11H2,1-9H3;13H,10-11H2,1-9H3;11H,9-10H2,1-8H3,(H,16,17);9H,7-8H2,1-6H3,(H,13,14);1-6H3;1H3;;1H2/q;;;;;;;+1;/p-1/t13-;12-;13-;11-;9-;;;;/m00001..../s1/i;;;;;;1D;;. The first-order valence-electron chi connectivity index (χ1n) is 42.3. The number of carboxylic acid groups (broad SMARTS) is 2. The van der Waals surface area contributed by atoms with Crippen LogP contribution in [0.15, 0.2) is 0 Å². The minimum Gasteiger partial charge on any atom is -0.870 e. The van der Waals surface area contributed by atoms with Crippen molar-refractivity contribution in [1.29, 1.82) is 0 Å². The van der Waals surface area contributed by atoms with E-state index in [9.17, 15) is 57.5 Å². The number of carbonyl (C=O) groups excluding carboxylic acids is 10. The SMILES string of the molecule is CC(=O)C[C@@H](CC(=O)OC(C)(C)C)O[Si](C)(C)C(C)(C)C.CC(C)(C)OC(=O)C[C@H](CC(=O)O)O[Si](C)(C)C(C)(C)C.CC(C)(C)OC(=O)OC(=O)OC(C)(C)C.COC(=O)C[C@@H](CC(=O)O)O[Si](C)(C)C(C)(C)C.COC(=O)C[C@@H](CC(=O)OC(C)(C)C)O[Si](C)(C)C(C)(C)C.CON(C)C(=O)C[C@@H](CC(=O)OC(C)(C)C)O[Si](C)(C)C(C)(C)C.[2H]CI.[Na+].[OH-]. The summed E-state index contributed by atoms with van der Waals surface area (Å²) in [5, 5.41) is 19.0. The number of carboxylic acids is 2. The van der Waals surface area contributed by atoms with Crippen molar-refractivity contribution in [2.24, 2.45) is 0 Å². The summed E-state index contributed by atoms with van der Waals surface area (Å²) >= 11 is 1.96. The van der Waals surface area contributed by atoms with Crippen LogP contribution in [0, 0.1) is 0 Å². The predicted octanol–water partition coefficient (Wildman–Crippen LogP) is 18.0. The Morgan fingerprint density at radius 1 is 0.320 bits per heavy atom. The molecule has 5 atom stereocenters. The van der Waals surface area contributed by atoms with Crippen molar-refractivity contribution < 1.29 is 174 Å². The molecule has 0 radical (unpaired) electrons. The van der Waals surface area contributed by atoms with Crippen molar-refractivity contribution in [1.82, 2.24) is 5.06 Å². The van der Waals surface area contributed by atoms with Crippen LogP contribution in [0.5, 0.6) is 0 Å². The van der Waals surface area contributed by atoms with Gasteiger partial charge in [-0.2, -0.15) is 0 Å². The van der Waals surface area contributed by atoms with E-state index in [1.165, 1.54) is 28.3 Å². The van der Waals surface area contributed by atoms with Gasteiger partial charge >= 0.3 is 89.6 Å². The summed E-state index contributed by atoms with van der Waals surface area (Å²) in [5.41, 5.74) is -3.61. The van der Waals surface area contributed by atoms with Gasteiger partial charge in [-0.25, -0.2) is 14.7 Å². The first-order valence-corrected chi connectivity index (χ1v) is 57.6. The first-order chi connectivity index (χ1) is 54.4. The van der Waals surface area contributed by atoms with Gasteiger partial charge in [0.2, 0.25) is 5.91 Å². The molecule has 38 heteroatoms. The fourth-order valence-electron chi connectivity index (χ4n) is 8.30. The molecular weight excluding hydrogens is 1830 g/mol. The largest absolute Gasteiger partial charge is 1.00 e. The molecule has 0 aromatic heterocycles. The number of Topliss-reactive ketones (excluding diaryl/α,β-unsaturated/α-hetero) is 1. The summed E-state index contributed by atoms with van der Waals surface area (Å²) in [7, 11) is -4.87. The smallest absolute Gasteiger partial charge is 0.870 e. The monoisotopic (exact) mass is 2010 g/mol. The number of hydrogen-bond acceptors (Lipinski definition) is 28. The van der Waals surface area contributed by atoms with Gasteiger partial charge in [0.25, 0.3) is 0 Å². The minimum absolute atomic E-state index is 0. The van der Waals surface area contributed by atoms with Gasteiger partial charge in [0.1, 0.15) is 39.4 Å². The van der Waals surface area contributed by atoms with Gasteiger partial charge in [0.05, 0.1) is 110 Å². The van der Waals surface area contributed by atoms with Gasteiger partial charge in [-0.1, -0.05) is 126 Å². The number of hydroxylamine groups is 2. The molecule has 0 heterocycles. The summed E-state index contributed by atoms with van der Waals surface area (Å²) < 4.78 is 81.3. The Labute approximate surface area is 796 Å². The minimum atomic E-state index is -2.13. The van der Waals surface area contributed by atoms with Crippen LogP contribution < -0.4 is 29.6 Å². The van der Waals surface area contributed by atoms with Crippen LogP contribution in [0.3, 0.4) is 0 Å². The molecule has 0 spiro atoms. The zero-order chi connectivity index (χ0) is 101. The average Bonchev–Trinajstić information content (AvgIpc) is 0.848. The van der Waals surface area contributed by atoms with E-state index in [2.05, 4.69) is 153 Å². The van der Waals surface area contributed by atoms with E-state index in [1.54, 1.807) is 69.4 Å². The number of hydrogen-bond donors (Lipinski definition) is 2. The number of ether oxygens (including phenoxy) is 9. The Morgan fingerprint density at radius 2 is 0.488 bits per heavy atom. The number of alkyl halides is 1. The van der Waals surface area contributed by atoms with Crippen molar-refractivity contribution in [2.75, 3.05) is 33.3 Å². The number of amides is 1. The molecule has 0 aliphatic heterocycles. The van der Waals surface area contributed by atoms with E-state index in [-0.39, 0.29) is 160 Å². The number of carbonyl (C=O) groups is 12. The molecule has 31 nitrogen and oxygen atoms in total. The van der Waals surface area contributed by atoms with E-state index in [0.29, 0.717) is 4.91 Å². The summed E-state index contributed by atoms with van der Waals surface area (Å²) in [6.45, 7) is 85.6. The van der Waals surface area contributed by atoms with E-state index in [1.807, 2.05) is 111 Å². The van der Waals surface area contributed by atoms with Gasteiger partial charge in [0.15, 0.2) is 41.6 Å². The molecule has 0 saturated heterocycles. The maximum absolute atomic E-state index is 12.2. The molecule has 736 valence electrons. The summed E-state index contributed by atoms with van der Waals surface area (Å²) in [5.74, 6) is -4.43. The van der Waals surface area contributed by atoms with Crippen molar-refractivity contribution >= 4 is 136 Å². The van der Waals surface area contributed by atoms with Gasteiger partial charge in [-0.05, 0) is 227 Å². The van der Waals surface area contributed by atoms with Gasteiger partial charge in [-0.3, -0.25) is 52.8 Å². The number of nitrogens with zero attached hydrogens (tertiary/aromatic N) is 1.